The molecule has 6 nitrogen and oxygen atoms in total. The summed E-state index contributed by atoms with van der Waals surface area (Å²) >= 11 is 1.39. The number of amides is 2. The first-order valence-corrected chi connectivity index (χ1v) is 8.84. The Morgan fingerprint density at radius 1 is 1.42 bits per heavy atom. The van der Waals surface area contributed by atoms with Gasteiger partial charge >= 0.3 is 0 Å². The molecule has 3 rings (SSSR count). The van der Waals surface area contributed by atoms with Crippen LogP contribution in [0.25, 0.3) is 0 Å². The first-order valence-electron chi connectivity index (χ1n) is 7.96. The zero-order valence-corrected chi connectivity index (χ0v) is 14.6. The summed E-state index contributed by atoms with van der Waals surface area (Å²) in [7, 11) is 0. The van der Waals surface area contributed by atoms with E-state index >= 15 is 0 Å². The van der Waals surface area contributed by atoms with E-state index in [9.17, 15) is 9.59 Å². The number of thiazole rings is 1. The fraction of sp³-hybridized carbons (Fsp3) is 0.412. The molecule has 0 aromatic carbocycles. The first-order chi connectivity index (χ1) is 11.6. The van der Waals surface area contributed by atoms with E-state index in [2.05, 4.69) is 15.3 Å². The predicted molar refractivity (Wildman–Crippen MR) is 91.6 cm³/mol. The standard InChI is InChI=1S/C17H20N4O2S/c1-11-16(24-10-20-11)17(23)21-7-3-4-15(21)13-5-6-18-14(8-13)9-19-12(2)22/h5-6,8,10,15H,3-4,7,9H2,1-2H3,(H,19,22). The molecule has 1 N–H and O–H groups in total. The molecular weight excluding hydrogens is 324 g/mol. The lowest BCUT2D eigenvalue weighted by Crippen LogP contribution is -2.30. The maximum atomic E-state index is 12.8. The van der Waals surface area contributed by atoms with Gasteiger partial charge in [0, 0.05) is 19.7 Å². The maximum Gasteiger partial charge on any atom is 0.266 e. The van der Waals surface area contributed by atoms with Crippen molar-refractivity contribution >= 4 is 23.2 Å². The summed E-state index contributed by atoms with van der Waals surface area (Å²) in [6, 6.07) is 3.98. The molecule has 0 aliphatic carbocycles. The second-order valence-electron chi connectivity index (χ2n) is 5.91. The number of pyridine rings is 1. The van der Waals surface area contributed by atoms with Crippen LogP contribution in [0.1, 0.15) is 52.4 Å². The largest absolute Gasteiger partial charge is 0.351 e. The average Bonchev–Trinajstić information content (AvgIpc) is 3.21. The maximum absolute atomic E-state index is 12.8. The number of aromatic nitrogens is 2. The van der Waals surface area contributed by atoms with Crippen LogP contribution in [0.4, 0.5) is 0 Å². The van der Waals surface area contributed by atoms with Crippen molar-refractivity contribution in [3.63, 3.8) is 0 Å². The molecule has 24 heavy (non-hydrogen) atoms. The van der Waals surface area contributed by atoms with Gasteiger partial charge in [-0.15, -0.1) is 11.3 Å². The number of aryl methyl sites for hydroxylation is 1. The smallest absolute Gasteiger partial charge is 0.266 e. The third kappa shape index (κ3) is 3.46. The van der Waals surface area contributed by atoms with Gasteiger partial charge in [-0.2, -0.15) is 0 Å². The van der Waals surface area contributed by atoms with Crippen LogP contribution in [0.15, 0.2) is 23.8 Å². The summed E-state index contributed by atoms with van der Waals surface area (Å²) in [5.41, 5.74) is 4.37. The van der Waals surface area contributed by atoms with Gasteiger partial charge in [0.15, 0.2) is 0 Å². The Kier molecular flexibility index (Phi) is 4.89. The molecule has 0 spiro atoms. The topological polar surface area (TPSA) is 75.2 Å². The molecule has 3 heterocycles. The highest BCUT2D eigenvalue weighted by Gasteiger charge is 2.32. The van der Waals surface area contributed by atoms with E-state index in [4.69, 9.17) is 0 Å². The summed E-state index contributed by atoms with van der Waals surface area (Å²) < 4.78 is 0. The van der Waals surface area contributed by atoms with E-state index in [0.717, 1.165) is 41.2 Å². The molecule has 126 valence electrons. The Balaban J connectivity index is 1.80. The fourth-order valence-electron chi connectivity index (χ4n) is 3.01. The van der Waals surface area contributed by atoms with E-state index < -0.39 is 0 Å². The minimum absolute atomic E-state index is 0.0534. The number of nitrogens with one attached hydrogen (secondary N) is 1. The van der Waals surface area contributed by atoms with Crippen LogP contribution in [0.5, 0.6) is 0 Å². The number of nitrogens with zero attached hydrogens (tertiary/aromatic N) is 3. The van der Waals surface area contributed by atoms with E-state index in [0.29, 0.717) is 6.54 Å². The zero-order valence-electron chi connectivity index (χ0n) is 13.8. The molecule has 0 saturated carbocycles. The Labute approximate surface area is 144 Å². The van der Waals surface area contributed by atoms with Crippen LogP contribution in [-0.2, 0) is 11.3 Å². The van der Waals surface area contributed by atoms with Gasteiger partial charge in [0.1, 0.15) is 4.88 Å². The van der Waals surface area contributed by atoms with Crippen LogP contribution in [0.3, 0.4) is 0 Å². The van der Waals surface area contributed by atoms with Crippen molar-refractivity contribution in [2.24, 2.45) is 0 Å². The lowest BCUT2D eigenvalue weighted by atomic mass is 10.0. The van der Waals surface area contributed by atoms with E-state index in [1.165, 1.54) is 18.3 Å². The van der Waals surface area contributed by atoms with E-state index in [1.807, 2.05) is 24.0 Å². The zero-order chi connectivity index (χ0) is 17.1. The second-order valence-corrected chi connectivity index (χ2v) is 6.77. The number of likely N-dealkylation sites (tertiary alicyclic amines) is 1. The number of hydrogen-bond donors (Lipinski definition) is 1. The van der Waals surface area contributed by atoms with Gasteiger partial charge in [0.25, 0.3) is 5.91 Å². The molecule has 2 aromatic rings. The SMILES string of the molecule is CC(=O)NCc1cc(C2CCCN2C(=O)c2scnc2C)ccn1. The summed E-state index contributed by atoms with van der Waals surface area (Å²) in [4.78, 5) is 35.0. The Bertz CT molecular complexity index is 759. The molecule has 2 amide bonds. The molecule has 7 heteroatoms. The molecule has 1 atom stereocenters. The highest BCUT2D eigenvalue weighted by atomic mass is 32.1. The minimum Gasteiger partial charge on any atom is -0.351 e. The van der Waals surface area contributed by atoms with Crippen molar-refractivity contribution in [2.45, 2.75) is 39.3 Å². The van der Waals surface area contributed by atoms with Crippen molar-refractivity contribution in [2.75, 3.05) is 6.54 Å². The molecule has 1 unspecified atom stereocenters. The lowest BCUT2D eigenvalue weighted by molar-refractivity contribution is -0.119. The minimum atomic E-state index is -0.0828. The van der Waals surface area contributed by atoms with Crippen molar-refractivity contribution in [3.05, 3.63) is 45.7 Å². The quantitative estimate of drug-likeness (QED) is 0.924. The van der Waals surface area contributed by atoms with Gasteiger partial charge < -0.3 is 10.2 Å². The first kappa shape index (κ1) is 16.6. The molecule has 1 saturated heterocycles. The monoisotopic (exact) mass is 344 g/mol. The molecule has 1 aliphatic heterocycles. The Morgan fingerprint density at radius 2 is 2.25 bits per heavy atom. The summed E-state index contributed by atoms with van der Waals surface area (Å²) in [6.45, 7) is 4.51. The van der Waals surface area contributed by atoms with Crippen molar-refractivity contribution in [1.82, 2.24) is 20.2 Å². The predicted octanol–water partition coefficient (Wildman–Crippen LogP) is 2.46. The normalized spacial score (nSPS) is 17.1. The summed E-state index contributed by atoms with van der Waals surface area (Å²) in [5, 5.41) is 2.75. The van der Waals surface area contributed by atoms with Crippen LogP contribution in [0.2, 0.25) is 0 Å². The number of rotatable bonds is 4. The number of hydrogen-bond acceptors (Lipinski definition) is 5. The Morgan fingerprint density at radius 3 is 2.96 bits per heavy atom. The average molecular weight is 344 g/mol. The van der Waals surface area contributed by atoms with Crippen molar-refractivity contribution in [1.29, 1.82) is 0 Å². The highest BCUT2D eigenvalue weighted by molar-refractivity contribution is 7.11. The van der Waals surface area contributed by atoms with Gasteiger partial charge in [0.2, 0.25) is 5.91 Å². The second kappa shape index (κ2) is 7.09. The van der Waals surface area contributed by atoms with Gasteiger partial charge in [-0.25, -0.2) is 4.98 Å². The van der Waals surface area contributed by atoms with Gasteiger partial charge in [-0.05, 0) is 37.5 Å². The van der Waals surface area contributed by atoms with Crippen LogP contribution in [0, 0.1) is 6.92 Å². The van der Waals surface area contributed by atoms with Crippen molar-refractivity contribution in [3.8, 4) is 0 Å². The molecule has 1 aliphatic rings. The van der Waals surface area contributed by atoms with Crippen LogP contribution >= 0.6 is 11.3 Å². The number of carbonyl (C=O) groups is 2. The third-order valence-electron chi connectivity index (χ3n) is 4.20. The van der Waals surface area contributed by atoms with Gasteiger partial charge in [-0.3, -0.25) is 14.6 Å². The molecule has 2 aromatic heterocycles. The fourth-order valence-corrected chi connectivity index (χ4v) is 3.77. The molecular formula is C17H20N4O2S. The van der Waals surface area contributed by atoms with Crippen LogP contribution < -0.4 is 5.32 Å². The molecule has 0 bridgehead atoms. The summed E-state index contributed by atoms with van der Waals surface area (Å²) in [5.74, 6) is -0.0294. The Hall–Kier alpha value is -2.28. The van der Waals surface area contributed by atoms with Gasteiger partial charge in [0.05, 0.1) is 29.5 Å². The van der Waals surface area contributed by atoms with Crippen molar-refractivity contribution < 1.29 is 9.59 Å². The highest BCUT2D eigenvalue weighted by Crippen LogP contribution is 2.34. The molecule has 1 fully saturated rings. The van der Waals surface area contributed by atoms with E-state index in [-0.39, 0.29) is 17.9 Å². The summed E-state index contributed by atoms with van der Waals surface area (Å²) in [6.07, 6.45) is 3.66. The molecule has 0 radical (unpaired) electrons. The lowest BCUT2D eigenvalue weighted by Gasteiger charge is -2.25. The van der Waals surface area contributed by atoms with Crippen LogP contribution in [-0.4, -0.2) is 33.2 Å². The number of carbonyl (C=O) groups excluding carboxylic acids is 2. The van der Waals surface area contributed by atoms with Gasteiger partial charge in [-0.1, -0.05) is 0 Å². The third-order valence-corrected chi connectivity index (χ3v) is 5.11. The van der Waals surface area contributed by atoms with E-state index in [1.54, 1.807) is 11.7 Å².